The molecule has 5 rings (SSSR count). The Hall–Kier alpha value is -1.87. The minimum Gasteiger partial charge on any atom is -0.332 e. The topological polar surface area (TPSA) is 76.7 Å². The van der Waals surface area contributed by atoms with Crippen molar-refractivity contribution in [3.8, 4) is 0 Å². The highest BCUT2D eigenvalue weighted by Gasteiger charge is 2.49. The van der Waals surface area contributed by atoms with Crippen LogP contribution >= 0.6 is 11.8 Å². The maximum atomic E-state index is 12.5. The van der Waals surface area contributed by atoms with Gasteiger partial charge in [0.05, 0.1) is 6.17 Å². The van der Waals surface area contributed by atoms with E-state index in [9.17, 15) is 9.59 Å². The van der Waals surface area contributed by atoms with Crippen LogP contribution < -0.4 is 16.2 Å². The number of benzene rings is 1. The van der Waals surface area contributed by atoms with Crippen LogP contribution in [0.25, 0.3) is 0 Å². The minimum atomic E-state index is -0.449. The fourth-order valence-electron chi connectivity index (χ4n) is 6.05. The number of hydrogen-bond donors (Lipinski definition) is 3. The van der Waals surface area contributed by atoms with Crippen LogP contribution in [0.2, 0.25) is 0 Å². The number of nitrogens with zero attached hydrogens (tertiary/aromatic N) is 2. The molecule has 34 heavy (non-hydrogen) atoms. The third kappa shape index (κ3) is 4.53. The first-order chi connectivity index (χ1) is 16.4. The van der Waals surface area contributed by atoms with Gasteiger partial charge in [-0.15, -0.1) is 0 Å². The number of carbonyl (C=O) groups excluding carboxylic acids is 2. The lowest BCUT2D eigenvalue weighted by atomic mass is 9.68. The van der Waals surface area contributed by atoms with E-state index in [0.717, 1.165) is 44.9 Å². The summed E-state index contributed by atoms with van der Waals surface area (Å²) in [5, 5.41) is 4.96. The zero-order valence-electron chi connectivity index (χ0n) is 20.3. The van der Waals surface area contributed by atoms with Crippen molar-refractivity contribution in [2.75, 3.05) is 14.1 Å². The first kappa shape index (κ1) is 23.9. The van der Waals surface area contributed by atoms with Crippen molar-refractivity contribution in [2.45, 2.75) is 80.5 Å². The van der Waals surface area contributed by atoms with Gasteiger partial charge in [0.1, 0.15) is 0 Å². The number of ketones is 1. The second-order valence-electron chi connectivity index (χ2n) is 10.7. The Labute approximate surface area is 207 Å². The van der Waals surface area contributed by atoms with Crippen molar-refractivity contribution in [3.05, 3.63) is 47.5 Å². The van der Waals surface area contributed by atoms with Crippen LogP contribution in [0, 0.1) is 5.92 Å². The smallest absolute Gasteiger partial charge is 0.289 e. The number of rotatable bonds is 7. The number of Topliss-reactive ketones (excluding diaryl/α,β-unsaturated/α-hetero) is 1. The molecule has 0 aromatic heterocycles. The molecule has 8 heteroatoms. The van der Waals surface area contributed by atoms with Crippen molar-refractivity contribution in [1.82, 2.24) is 26.0 Å². The Balaban J connectivity index is 1.19. The predicted octanol–water partition coefficient (Wildman–Crippen LogP) is 3.26. The lowest BCUT2D eigenvalue weighted by Gasteiger charge is -2.49. The summed E-state index contributed by atoms with van der Waals surface area (Å²) in [6.45, 7) is 0. The molecule has 1 aromatic rings. The number of amides is 1. The summed E-state index contributed by atoms with van der Waals surface area (Å²) in [4.78, 5) is 29.4. The lowest BCUT2D eigenvalue weighted by Crippen LogP contribution is -2.54. The van der Waals surface area contributed by atoms with Crippen LogP contribution in [0.4, 0.5) is 0 Å². The monoisotopic (exact) mass is 483 g/mol. The first-order valence-electron chi connectivity index (χ1n) is 12.6. The van der Waals surface area contributed by atoms with Crippen molar-refractivity contribution in [3.63, 3.8) is 0 Å². The van der Waals surface area contributed by atoms with Crippen molar-refractivity contribution >= 4 is 23.5 Å². The first-order valence-corrected chi connectivity index (χ1v) is 13.5. The second kappa shape index (κ2) is 9.64. The molecule has 1 saturated heterocycles. The highest BCUT2D eigenvalue weighted by atomic mass is 32.2. The van der Waals surface area contributed by atoms with Gasteiger partial charge in [-0.1, -0.05) is 48.5 Å². The fourth-order valence-corrected chi connectivity index (χ4v) is 6.94. The molecule has 1 unspecified atom stereocenters. The van der Waals surface area contributed by atoms with Gasteiger partial charge in [0.15, 0.2) is 5.50 Å². The molecule has 184 valence electrons. The molecule has 2 aliphatic carbocycles. The molecule has 2 atom stereocenters. The van der Waals surface area contributed by atoms with Crippen LogP contribution in [0.3, 0.4) is 0 Å². The molecule has 7 nitrogen and oxygen atoms in total. The van der Waals surface area contributed by atoms with E-state index in [1.807, 2.05) is 11.6 Å². The summed E-state index contributed by atoms with van der Waals surface area (Å²) in [7, 11) is 4.39. The molecular formula is C26H37N5O2S. The zero-order valence-corrected chi connectivity index (χ0v) is 21.1. The van der Waals surface area contributed by atoms with E-state index < -0.39 is 5.91 Å². The summed E-state index contributed by atoms with van der Waals surface area (Å²) in [6, 6.07) is 10.9. The molecule has 1 aromatic carbocycles. The minimum absolute atomic E-state index is 0.0364. The van der Waals surface area contributed by atoms with E-state index in [1.165, 1.54) is 12.0 Å². The van der Waals surface area contributed by atoms with Gasteiger partial charge in [0.25, 0.3) is 5.91 Å². The highest BCUT2D eigenvalue weighted by Crippen LogP contribution is 2.47. The molecule has 3 fully saturated rings. The van der Waals surface area contributed by atoms with E-state index in [2.05, 4.69) is 70.4 Å². The maximum absolute atomic E-state index is 12.5. The molecule has 1 amide bonds. The van der Waals surface area contributed by atoms with Crippen molar-refractivity contribution in [2.24, 2.45) is 5.92 Å². The van der Waals surface area contributed by atoms with E-state index in [-0.39, 0.29) is 28.5 Å². The molecule has 0 bridgehead atoms. The van der Waals surface area contributed by atoms with Crippen LogP contribution in [0.5, 0.6) is 0 Å². The average molecular weight is 484 g/mol. The number of nitrogens with one attached hydrogen (secondary N) is 3. The zero-order chi connectivity index (χ0) is 23.8. The van der Waals surface area contributed by atoms with E-state index in [4.69, 9.17) is 0 Å². The third-order valence-electron chi connectivity index (χ3n) is 8.57. The van der Waals surface area contributed by atoms with Gasteiger partial charge in [-0.25, -0.2) is 10.9 Å². The normalized spacial score (nSPS) is 33.4. The molecule has 1 spiro atoms. The summed E-state index contributed by atoms with van der Waals surface area (Å²) in [6.07, 6.45) is 11.1. The molecule has 0 radical (unpaired) electrons. The number of thioether (sulfide) groups is 1. The molecule has 2 aliphatic heterocycles. The summed E-state index contributed by atoms with van der Waals surface area (Å²) in [5.74, 6) is -0.324. The van der Waals surface area contributed by atoms with Gasteiger partial charge in [0.2, 0.25) is 5.78 Å². The van der Waals surface area contributed by atoms with Gasteiger partial charge in [-0.05, 0) is 69.5 Å². The van der Waals surface area contributed by atoms with Gasteiger partial charge in [-0.2, -0.15) is 0 Å². The largest absolute Gasteiger partial charge is 0.332 e. The van der Waals surface area contributed by atoms with E-state index in [1.54, 1.807) is 11.8 Å². The van der Waals surface area contributed by atoms with Crippen molar-refractivity contribution < 1.29 is 9.59 Å². The van der Waals surface area contributed by atoms with Crippen LogP contribution in [-0.4, -0.2) is 52.8 Å². The molecule has 3 N–H and O–H groups in total. The summed E-state index contributed by atoms with van der Waals surface area (Å²) >= 11 is 1.54. The maximum Gasteiger partial charge on any atom is 0.289 e. The van der Waals surface area contributed by atoms with Crippen LogP contribution in [0.15, 0.2) is 41.9 Å². The third-order valence-corrected chi connectivity index (χ3v) is 9.47. The van der Waals surface area contributed by atoms with Gasteiger partial charge in [0, 0.05) is 30.1 Å². The van der Waals surface area contributed by atoms with Gasteiger partial charge < -0.3 is 10.2 Å². The van der Waals surface area contributed by atoms with Gasteiger partial charge >= 0.3 is 0 Å². The Morgan fingerprint density at radius 2 is 1.88 bits per heavy atom. The Morgan fingerprint density at radius 1 is 1.15 bits per heavy atom. The Bertz CT molecular complexity index is 924. The SMILES string of the molecule is CN(C)C1(c2ccccc2)CCC2(CC1)C[C@@H](N1C=CSC1NC(=O)C(=O)CC1CCC1)NN2. The number of hydrazine groups is 1. The molecule has 4 aliphatic rings. The Morgan fingerprint density at radius 3 is 2.53 bits per heavy atom. The fraction of sp³-hybridized carbons (Fsp3) is 0.615. The Kier molecular flexibility index (Phi) is 6.77. The highest BCUT2D eigenvalue weighted by molar-refractivity contribution is 8.02. The van der Waals surface area contributed by atoms with Crippen molar-refractivity contribution in [1.29, 1.82) is 0 Å². The summed E-state index contributed by atoms with van der Waals surface area (Å²) in [5.41, 5.74) is 8.38. The predicted molar refractivity (Wildman–Crippen MR) is 135 cm³/mol. The number of hydrogen-bond acceptors (Lipinski definition) is 7. The average Bonchev–Trinajstić information content (AvgIpc) is 3.44. The molecule has 2 heterocycles. The summed E-state index contributed by atoms with van der Waals surface area (Å²) < 4.78 is 0. The van der Waals surface area contributed by atoms with E-state index in [0.29, 0.717) is 12.3 Å². The van der Waals surface area contributed by atoms with Crippen LogP contribution in [0.1, 0.15) is 63.4 Å². The number of carbonyl (C=O) groups is 2. The quantitative estimate of drug-likeness (QED) is 0.514. The van der Waals surface area contributed by atoms with Crippen LogP contribution in [-0.2, 0) is 15.1 Å². The van der Waals surface area contributed by atoms with E-state index >= 15 is 0 Å². The van der Waals surface area contributed by atoms with Gasteiger partial charge in [-0.3, -0.25) is 14.5 Å². The lowest BCUT2D eigenvalue weighted by molar-refractivity contribution is -0.139. The molecule has 2 saturated carbocycles. The molecular weight excluding hydrogens is 446 g/mol. The second-order valence-corrected chi connectivity index (χ2v) is 11.7. The standard InChI is InChI=1S/C26H37N5O2S/c1-30(2)26(20-9-4-3-5-10-20)13-11-25(12-14-26)18-22(28-29-25)31-15-16-34-24(31)27-23(33)21(32)17-19-7-6-8-19/h3-5,9-10,15-16,19,22,24,28-29H,6-8,11-14,17-18H2,1-2H3,(H,27,33)/t22-,24?,25?,26?/m1/s1.